The molecule has 9 nitrogen and oxygen atoms in total. The van der Waals surface area contributed by atoms with Crippen LogP contribution in [-0.4, -0.2) is 40.8 Å². The van der Waals surface area contributed by atoms with E-state index >= 15 is 0 Å². The molecule has 4 rings (SSSR count). The number of H-pyrrole nitrogens is 1. The molecule has 1 aliphatic carbocycles. The fourth-order valence-corrected chi connectivity index (χ4v) is 4.81. The summed E-state index contributed by atoms with van der Waals surface area (Å²) in [7, 11) is -3.59. The maximum Gasteiger partial charge on any atom is 0.267 e. The van der Waals surface area contributed by atoms with Gasteiger partial charge in [-0.05, 0) is 25.7 Å². The van der Waals surface area contributed by atoms with Crippen LogP contribution >= 0.6 is 0 Å². The molecule has 3 heterocycles. The molecule has 0 unspecified atom stereocenters. The van der Waals surface area contributed by atoms with Crippen molar-refractivity contribution in [2.24, 2.45) is 0 Å². The van der Waals surface area contributed by atoms with Crippen molar-refractivity contribution in [2.75, 3.05) is 6.61 Å². The predicted octanol–water partition coefficient (Wildman–Crippen LogP) is 0.501. The first-order valence-electron chi connectivity index (χ1n) is 8.73. The molecule has 1 fully saturated rings. The molecule has 2 N–H and O–H groups in total. The van der Waals surface area contributed by atoms with Crippen molar-refractivity contribution in [1.29, 1.82) is 0 Å². The second kappa shape index (κ2) is 6.93. The van der Waals surface area contributed by atoms with Crippen molar-refractivity contribution in [1.82, 2.24) is 24.5 Å². The maximum atomic E-state index is 12.4. The third-order valence-corrected chi connectivity index (χ3v) is 6.44. The number of hydrogen-bond donors (Lipinski definition) is 2. The number of ether oxygens (including phenoxy) is 1. The van der Waals surface area contributed by atoms with Gasteiger partial charge in [-0.15, -0.1) is 0 Å². The lowest BCUT2D eigenvalue weighted by molar-refractivity contribution is 0.107. The zero-order chi connectivity index (χ0) is 18.1. The van der Waals surface area contributed by atoms with Gasteiger partial charge >= 0.3 is 0 Å². The summed E-state index contributed by atoms with van der Waals surface area (Å²) in [6, 6.07) is 1.47. The summed E-state index contributed by atoms with van der Waals surface area (Å²) in [4.78, 5) is 18.7. The standard InChI is InChI=1S/C16H21N5O4S/c22-16-7-11-9-25-6-5-14(11)19-21(16)13-3-1-12(2-4-13)20-26(23,24)15-8-17-10-18-15/h7-8,10,12-13,20H,1-6,9H2,(H,17,18). The molecule has 0 spiro atoms. The lowest BCUT2D eigenvalue weighted by Crippen LogP contribution is -2.40. The van der Waals surface area contributed by atoms with Gasteiger partial charge in [-0.25, -0.2) is 22.8 Å². The van der Waals surface area contributed by atoms with Crippen LogP contribution < -0.4 is 10.3 Å². The van der Waals surface area contributed by atoms with Crippen LogP contribution in [0, 0.1) is 0 Å². The van der Waals surface area contributed by atoms with Crippen molar-refractivity contribution in [3.63, 3.8) is 0 Å². The van der Waals surface area contributed by atoms with Crippen LogP contribution in [0.4, 0.5) is 0 Å². The van der Waals surface area contributed by atoms with Gasteiger partial charge in [-0.3, -0.25) is 4.79 Å². The number of nitrogens with zero attached hydrogens (tertiary/aromatic N) is 3. The lowest BCUT2D eigenvalue weighted by Gasteiger charge is -2.30. The van der Waals surface area contributed by atoms with E-state index in [1.165, 1.54) is 12.5 Å². The largest absolute Gasteiger partial charge is 0.376 e. The van der Waals surface area contributed by atoms with Crippen LogP contribution in [0.15, 0.2) is 28.4 Å². The Morgan fingerprint density at radius 3 is 2.81 bits per heavy atom. The highest BCUT2D eigenvalue weighted by atomic mass is 32.2. The summed E-state index contributed by atoms with van der Waals surface area (Å²) in [5.41, 5.74) is 1.69. The van der Waals surface area contributed by atoms with Gasteiger partial charge in [-0.1, -0.05) is 0 Å². The third-order valence-electron chi connectivity index (χ3n) is 4.99. The Balaban J connectivity index is 1.43. The van der Waals surface area contributed by atoms with Gasteiger partial charge in [0.1, 0.15) is 0 Å². The molecule has 10 heteroatoms. The first-order valence-corrected chi connectivity index (χ1v) is 10.2. The van der Waals surface area contributed by atoms with Gasteiger partial charge in [-0.2, -0.15) is 5.10 Å². The van der Waals surface area contributed by atoms with Crippen molar-refractivity contribution >= 4 is 10.0 Å². The molecule has 2 aromatic heterocycles. The number of rotatable bonds is 4. The molecule has 2 aromatic rings. The average Bonchev–Trinajstić information content (AvgIpc) is 3.17. The molecule has 0 amide bonds. The number of aromatic amines is 1. The molecule has 0 aromatic carbocycles. The predicted molar refractivity (Wildman–Crippen MR) is 92.1 cm³/mol. The molecule has 0 bridgehead atoms. The van der Waals surface area contributed by atoms with Crippen LogP contribution in [0.25, 0.3) is 0 Å². The Bertz CT molecular complexity index is 930. The average molecular weight is 379 g/mol. The smallest absolute Gasteiger partial charge is 0.267 e. The Morgan fingerprint density at radius 1 is 1.27 bits per heavy atom. The highest BCUT2D eigenvalue weighted by Crippen LogP contribution is 2.28. The van der Waals surface area contributed by atoms with E-state index in [1.807, 2.05) is 0 Å². The van der Waals surface area contributed by atoms with E-state index in [2.05, 4.69) is 19.8 Å². The van der Waals surface area contributed by atoms with Crippen molar-refractivity contribution in [2.45, 2.75) is 55.8 Å². The van der Waals surface area contributed by atoms with Crippen LogP contribution in [0.1, 0.15) is 43.0 Å². The fraction of sp³-hybridized carbons (Fsp3) is 0.562. The second-order valence-electron chi connectivity index (χ2n) is 6.74. The van der Waals surface area contributed by atoms with Gasteiger partial charge in [0.05, 0.1) is 37.5 Å². The van der Waals surface area contributed by atoms with E-state index < -0.39 is 10.0 Å². The Labute approximate surface area is 150 Å². The summed E-state index contributed by atoms with van der Waals surface area (Å²) in [6.07, 6.45) is 6.07. The lowest BCUT2D eigenvalue weighted by atomic mass is 9.92. The van der Waals surface area contributed by atoms with E-state index in [0.717, 1.165) is 17.7 Å². The monoisotopic (exact) mass is 379 g/mol. The third kappa shape index (κ3) is 3.44. The zero-order valence-corrected chi connectivity index (χ0v) is 15.0. The minimum Gasteiger partial charge on any atom is -0.376 e. The molecule has 2 aliphatic rings. The highest BCUT2D eigenvalue weighted by molar-refractivity contribution is 7.89. The topological polar surface area (TPSA) is 119 Å². The minimum absolute atomic E-state index is 0.00329. The molecule has 1 aliphatic heterocycles. The van der Waals surface area contributed by atoms with Crippen molar-refractivity contribution in [3.05, 3.63) is 40.2 Å². The molecular formula is C16H21N5O4S. The number of hydrogen-bond acceptors (Lipinski definition) is 6. The van der Waals surface area contributed by atoms with E-state index in [0.29, 0.717) is 38.9 Å². The molecule has 0 radical (unpaired) electrons. The molecule has 1 saturated carbocycles. The SMILES string of the molecule is O=c1cc2c(nn1C1CCC(NS(=O)(=O)c3cnc[nH]3)CC1)CCOC2. The summed E-state index contributed by atoms with van der Waals surface area (Å²) in [5, 5.41) is 4.61. The Kier molecular flexibility index (Phi) is 4.63. The highest BCUT2D eigenvalue weighted by Gasteiger charge is 2.28. The zero-order valence-electron chi connectivity index (χ0n) is 14.2. The van der Waals surface area contributed by atoms with Gasteiger partial charge in [0.2, 0.25) is 0 Å². The van der Waals surface area contributed by atoms with Crippen molar-refractivity contribution in [3.8, 4) is 0 Å². The number of fused-ring (bicyclic) bond motifs is 1. The van der Waals surface area contributed by atoms with Gasteiger partial charge in [0, 0.05) is 24.1 Å². The second-order valence-corrected chi connectivity index (χ2v) is 8.43. The summed E-state index contributed by atoms with van der Waals surface area (Å²) < 4.78 is 34.2. The number of nitrogens with one attached hydrogen (secondary N) is 2. The van der Waals surface area contributed by atoms with Gasteiger partial charge in [0.25, 0.3) is 15.6 Å². The minimum atomic E-state index is -3.59. The Morgan fingerprint density at radius 2 is 2.08 bits per heavy atom. The number of sulfonamides is 1. The van der Waals surface area contributed by atoms with E-state index in [9.17, 15) is 13.2 Å². The van der Waals surface area contributed by atoms with Crippen LogP contribution in [-0.2, 0) is 27.8 Å². The fourth-order valence-electron chi connectivity index (χ4n) is 3.60. The van der Waals surface area contributed by atoms with E-state index in [-0.39, 0.29) is 22.7 Å². The summed E-state index contributed by atoms with van der Waals surface area (Å²) >= 11 is 0. The number of imidazole rings is 1. The van der Waals surface area contributed by atoms with Gasteiger partial charge < -0.3 is 9.72 Å². The summed E-state index contributed by atoms with van der Waals surface area (Å²) in [6.45, 7) is 1.07. The van der Waals surface area contributed by atoms with E-state index in [1.54, 1.807) is 10.7 Å². The van der Waals surface area contributed by atoms with Gasteiger partial charge in [0.15, 0.2) is 5.03 Å². The first kappa shape index (κ1) is 17.4. The molecule has 0 atom stereocenters. The molecule has 0 saturated heterocycles. The molecule has 140 valence electrons. The van der Waals surface area contributed by atoms with Crippen LogP contribution in [0.2, 0.25) is 0 Å². The molecular weight excluding hydrogens is 358 g/mol. The normalized spacial score (nSPS) is 23.5. The maximum absolute atomic E-state index is 12.4. The molecule has 26 heavy (non-hydrogen) atoms. The van der Waals surface area contributed by atoms with Crippen LogP contribution in [0.5, 0.6) is 0 Å². The van der Waals surface area contributed by atoms with E-state index in [4.69, 9.17) is 4.74 Å². The Hall–Kier alpha value is -2.04. The summed E-state index contributed by atoms with van der Waals surface area (Å²) in [5.74, 6) is 0. The van der Waals surface area contributed by atoms with Crippen LogP contribution in [0.3, 0.4) is 0 Å². The number of aromatic nitrogens is 4. The van der Waals surface area contributed by atoms with Crippen molar-refractivity contribution < 1.29 is 13.2 Å². The quantitative estimate of drug-likeness (QED) is 0.798. The first-order chi connectivity index (χ1) is 12.5.